The molecule has 5 heteroatoms. The number of carbonyl (C=O) groups is 1. The molecule has 1 spiro atoms. The highest BCUT2D eigenvalue weighted by Gasteiger charge is 2.68. The number of carboxylic acid groups (broad SMARTS) is 1. The first-order chi connectivity index (χ1) is 14.1. The van der Waals surface area contributed by atoms with Crippen molar-refractivity contribution in [2.45, 2.75) is 83.5 Å². The van der Waals surface area contributed by atoms with Crippen LogP contribution in [0.15, 0.2) is 11.6 Å². The molecule has 6 atom stereocenters. The average Bonchev–Trinajstić information content (AvgIpc) is 3.26. The summed E-state index contributed by atoms with van der Waals surface area (Å²) in [5, 5.41) is 20.5. The smallest absolute Gasteiger partial charge is 0.382 e. The van der Waals surface area contributed by atoms with Crippen molar-refractivity contribution >= 4 is 5.97 Å². The van der Waals surface area contributed by atoms with E-state index in [-0.39, 0.29) is 16.2 Å². The molecular formula is C25H34O5. The second-order valence-electron chi connectivity index (χ2n) is 11.1. The van der Waals surface area contributed by atoms with E-state index in [9.17, 15) is 9.90 Å². The first kappa shape index (κ1) is 20.5. The minimum Gasteiger partial charge on any atom is -0.472 e. The van der Waals surface area contributed by atoms with Gasteiger partial charge >= 0.3 is 5.97 Å². The summed E-state index contributed by atoms with van der Waals surface area (Å²) in [6.07, 6.45) is 9.75. The van der Waals surface area contributed by atoms with E-state index in [0.29, 0.717) is 31.5 Å². The highest BCUT2D eigenvalue weighted by atomic mass is 16.7. The van der Waals surface area contributed by atoms with E-state index in [1.165, 1.54) is 5.57 Å². The number of ether oxygens (including phenoxy) is 2. The van der Waals surface area contributed by atoms with Crippen LogP contribution in [-0.4, -0.2) is 40.8 Å². The Hall–Kier alpha value is -1.35. The molecule has 1 saturated heterocycles. The van der Waals surface area contributed by atoms with E-state index >= 15 is 0 Å². The average molecular weight is 415 g/mol. The Labute approximate surface area is 179 Å². The molecule has 4 fully saturated rings. The summed E-state index contributed by atoms with van der Waals surface area (Å²) in [6, 6.07) is 0. The predicted molar refractivity (Wildman–Crippen MR) is 111 cm³/mol. The van der Waals surface area contributed by atoms with Gasteiger partial charge in [-0.15, -0.1) is 0 Å². The third kappa shape index (κ3) is 2.51. The maximum Gasteiger partial charge on any atom is 0.382 e. The Morgan fingerprint density at radius 1 is 1.03 bits per heavy atom. The topological polar surface area (TPSA) is 76.0 Å². The lowest BCUT2D eigenvalue weighted by molar-refractivity contribution is -0.199. The molecule has 30 heavy (non-hydrogen) atoms. The molecule has 164 valence electrons. The minimum absolute atomic E-state index is 0.116. The summed E-state index contributed by atoms with van der Waals surface area (Å²) >= 11 is 0. The highest BCUT2D eigenvalue weighted by Crippen LogP contribution is 2.72. The Bertz CT molecular complexity index is 861. The highest BCUT2D eigenvalue weighted by molar-refractivity contribution is 5.86. The molecule has 0 unspecified atom stereocenters. The lowest BCUT2D eigenvalue weighted by Crippen LogP contribution is -2.60. The number of hydrogen-bond acceptors (Lipinski definition) is 4. The normalized spacial score (nSPS) is 48.7. The summed E-state index contributed by atoms with van der Waals surface area (Å²) in [4.78, 5) is 11.0. The van der Waals surface area contributed by atoms with E-state index in [4.69, 9.17) is 14.6 Å². The Balaban J connectivity index is 1.49. The monoisotopic (exact) mass is 414 g/mol. The van der Waals surface area contributed by atoms with Crippen LogP contribution in [-0.2, 0) is 14.3 Å². The fourth-order valence-corrected chi connectivity index (χ4v) is 8.07. The van der Waals surface area contributed by atoms with E-state index in [0.717, 1.165) is 44.9 Å². The maximum atomic E-state index is 11.4. The van der Waals surface area contributed by atoms with Crippen molar-refractivity contribution in [1.29, 1.82) is 0 Å². The molecule has 3 saturated carbocycles. The maximum absolute atomic E-state index is 11.4. The number of carboxylic acids is 1. The zero-order chi connectivity index (χ0) is 21.4. The minimum atomic E-state index is -1.20. The Morgan fingerprint density at radius 3 is 2.43 bits per heavy atom. The van der Waals surface area contributed by atoms with Gasteiger partial charge in [0.25, 0.3) is 0 Å². The number of rotatable bonds is 0. The third-order valence-electron chi connectivity index (χ3n) is 10.3. The molecule has 0 radical (unpaired) electrons. The standard InChI is InChI=1S/C25H34O5/c1-21-12-13-25(29-14-15-30-25)16-17(21)4-5-18-19-6-8-24(28,9-7-20(26)27)23(19,3)11-10-22(18,21)2/h4,18-19,28H,5-6,8,10-16H2,1-3H3,(H,26,27)/t18-,19-,21-,22-,23-,24+/m0/s1. The lowest BCUT2D eigenvalue weighted by Gasteiger charge is -2.65. The molecule has 5 nitrogen and oxygen atoms in total. The van der Waals surface area contributed by atoms with Gasteiger partial charge in [-0.3, -0.25) is 0 Å². The molecule has 1 aliphatic heterocycles. The summed E-state index contributed by atoms with van der Waals surface area (Å²) in [5.74, 6) is 4.25. The molecule has 5 aliphatic rings. The van der Waals surface area contributed by atoms with Crippen molar-refractivity contribution in [3.63, 3.8) is 0 Å². The van der Waals surface area contributed by atoms with Gasteiger partial charge in [-0.05, 0) is 61.2 Å². The molecule has 0 aromatic heterocycles. The first-order valence-corrected chi connectivity index (χ1v) is 11.5. The van der Waals surface area contributed by atoms with Crippen LogP contribution in [0.4, 0.5) is 0 Å². The SMILES string of the molecule is C[C@]12CCC3(CC1=CC[C@H]1[C@@H]4CC[C@@](O)(C#CC(=O)O)[C@@]4(C)CC[C@@]12C)OCCO3. The van der Waals surface area contributed by atoms with Crippen LogP contribution in [0.1, 0.15) is 72.1 Å². The number of hydrogen-bond donors (Lipinski definition) is 2. The van der Waals surface area contributed by atoms with Crippen LogP contribution < -0.4 is 0 Å². The van der Waals surface area contributed by atoms with Gasteiger partial charge in [-0.2, -0.15) is 0 Å². The van der Waals surface area contributed by atoms with E-state index in [1.54, 1.807) is 0 Å². The van der Waals surface area contributed by atoms with Crippen LogP contribution in [0.2, 0.25) is 0 Å². The van der Waals surface area contributed by atoms with Gasteiger partial charge in [0.2, 0.25) is 0 Å². The zero-order valence-electron chi connectivity index (χ0n) is 18.4. The molecule has 0 aromatic rings. The fourth-order valence-electron chi connectivity index (χ4n) is 8.07. The summed E-state index contributed by atoms with van der Waals surface area (Å²) in [5.41, 5.74) is 0.217. The van der Waals surface area contributed by atoms with Crippen LogP contribution >= 0.6 is 0 Å². The van der Waals surface area contributed by atoms with E-state index in [1.807, 2.05) is 0 Å². The van der Waals surface area contributed by atoms with Crippen LogP contribution in [0.3, 0.4) is 0 Å². The molecule has 2 N–H and O–H groups in total. The predicted octanol–water partition coefficient (Wildman–Crippen LogP) is 3.90. The summed E-state index contributed by atoms with van der Waals surface area (Å²) in [6.45, 7) is 8.46. The van der Waals surface area contributed by atoms with Crippen LogP contribution in [0.25, 0.3) is 0 Å². The fraction of sp³-hybridized carbons (Fsp3) is 0.800. The Morgan fingerprint density at radius 2 is 1.73 bits per heavy atom. The largest absolute Gasteiger partial charge is 0.472 e. The first-order valence-electron chi connectivity index (χ1n) is 11.5. The van der Waals surface area contributed by atoms with Gasteiger partial charge in [0.1, 0.15) is 5.60 Å². The second-order valence-corrected chi connectivity index (χ2v) is 11.1. The van der Waals surface area contributed by atoms with Crippen molar-refractivity contribution in [2.75, 3.05) is 13.2 Å². The van der Waals surface area contributed by atoms with Crippen molar-refractivity contribution < 1.29 is 24.5 Å². The van der Waals surface area contributed by atoms with Crippen molar-refractivity contribution in [3.8, 4) is 11.8 Å². The third-order valence-corrected chi connectivity index (χ3v) is 10.3. The number of allylic oxidation sites excluding steroid dienone is 1. The Kier molecular flexibility index (Phi) is 4.34. The van der Waals surface area contributed by atoms with Crippen molar-refractivity contribution in [1.82, 2.24) is 0 Å². The summed E-state index contributed by atoms with van der Waals surface area (Å²) in [7, 11) is 0. The molecule has 0 amide bonds. The second kappa shape index (κ2) is 6.34. The van der Waals surface area contributed by atoms with E-state index in [2.05, 4.69) is 38.7 Å². The quantitative estimate of drug-likeness (QED) is 0.464. The van der Waals surface area contributed by atoms with Gasteiger partial charge in [0.15, 0.2) is 5.79 Å². The molecule has 5 rings (SSSR count). The van der Waals surface area contributed by atoms with Gasteiger partial charge in [0.05, 0.1) is 13.2 Å². The van der Waals surface area contributed by atoms with Gasteiger partial charge in [0, 0.05) is 24.2 Å². The van der Waals surface area contributed by atoms with Crippen LogP contribution in [0.5, 0.6) is 0 Å². The molecule has 0 bridgehead atoms. The van der Waals surface area contributed by atoms with Crippen molar-refractivity contribution in [2.24, 2.45) is 28.1 Å². The lowest BCUT2D eigenvalue weighted by atomic mass is 9.40. The molecule has 4 aliphatic carbocycles. The molecule has 1 heterocycles. The summed E-state index contributed by atoms with van der Waals surface area (Å²) < 4.78 is 12.1. The van der Waals surface area contributed by atoms with Gasteiger partial charge in [-0.1, -0.05) is 38.3 Å². The van der Waals surface area contributed by atoms with Gasteiger partial charge in [-0.25, -0.2) is 4.79 Å². The number of aliphatic hydroxyl groups is 1. The van der Waals surface area contributed by atoms with Crippen molar-refractivity contribution in [3.05, 3.63) is 11.6 Å². The van der Waals surface area contributed by atoms with Gasteiger partial charge < -0.3 is 19.7 Å². The zero-order valence-corrected chi connectivity index (χ0v) is 18.4. The van der Waals surface area contributed by atoms with Crippen LogP contribution in [0, 0.1) is 39.9 Å². The molecular weight excluding hydrogens is 380 g/mol. The number of fused-ring (bicyclic) bond motifs is 5. The number of aliphatic carboxylic acids is 1. The molecule has 0 aromatic carbocycles. The van der Waals surface area contributed by atoms with E-state index < -0.39 is 17.4 Å².